The van der Waals surface area contributed by atoms with Gasteiger partial charge in [-0.05, 0) is 30.3 Å². The molecule has 1 heterocycles. The summed E-state index contributed by atoms with van der Waals surface area (Å²) in [5.74, 6) is -0.234. The van der Waals surface area contributed by atoms with Crippen molar-refractivity contribution in [2.75, 3.05) is 6.54 Å². The Kier molecular flexibility index (Phi) is 4.25. The van der Waals surface area contributed by atoms with Gasteiger partial charge >= 0.3 is 0 Å². The van der Waals surface area contributed by atoms with Crippen LogP contribution in [-0.4, -0.2) is 11.5 Å². The maximum Gasteiger partial charge on any atom is 0.123 e. The summed E-state index contributed by atoms with van der Waals surface area (Å²) in [7, 11) is 0. The van der Waals surface area contributed by atoms with Crippen molar-refractivity contribution in [2.45, 2.75) is 13.0 Å². The maximum absolute atomic E-state index is 13.3. The number of nitrogens with one attached hydrogen (secondary N) is 1. The Morgan fingerprint density at radius 2 is 2.35 bits per heavy atom. The topological polar surface area (TPSA) is 24.9 Å². The van der Waals surface area contributed by atoms with E-state index in [9.17, 15) is 4.39 Å². The van der Waals surface area contributed by atoms with Gasteiger partial charge in [-0.15, -0.1) is 11.3 Å². The second kappa shape index (κ2) is 5.71. The molecule has 1 aromatic heterocycles. The molecule has 0 saturated heterocycles. The molecule has 1 atom stereocenters. The second-order valence-electron chi connectivity index (χ2n) is 3.53. The third kappa shape index (κ3) is 2.91. The van der Waals surface area contributed by atoms with E-state index >= 15 is 0 Å². The highest BCUT2D eigenvalue weighted by Gasteiger charge is 2.18. The summed E-state index contributed by atoms with van der Waals surface area (Å²) in [5.41, 5.74) is 0.877. The van der Waals surface area contributed by atoms with Crippen molar-refractivity contribution in [1.82, 2.24) is 10.3 Å². The van der Waals surface area contributed by atoms with Crippen LogP contribution >= 0.6 is 27.3 Å². The Bertz CT molecular complexity index is 487. The van der Waals surface area contributed by atoms with Crippen molar-refractivity contribution >= 4 is 27.3 Å². The molecule has 2 aromatic rings. The van der Waals surface area contributed by atoms with E-state index in [1.165, 1.54) is 6.07 Å². The molecule has 5 heteroatoms. The van der Waals surface area contributed by atoms with E-state index in [4.69, 9.17) is 0 Å². The fraction of sp³-hybridized carbons (Fsp3) is 0.250. The van der Waals surface area contributed by atoms with Crippen LogP contribution in [0.25, 0.3) is 0 Å². The van der Waals surface area contributed by atoms with Gasteiger partial charge in [0.2, 0.25) is 0 Å². The molecule has 1 aromatic carbocycles. The SMILES string of the molecule is CCNC(c1nccs1)c1cc(F)ccc1Br. The van der Waals surface area contributed by atoms with Crippen molar-refractivity contribution in [3.05, 3.63) is 50.6 Å². The normalized spacial score (nSPS) is 12.6. The second-order valence-corrected chi connectivity index (χ2v) is 5.31. The van der Waals surface area contributed by atoms with Crippen LogP contribution in [0.4, 0.5) is 4.39 Å². The van der Waals surface area contributed by atoms with Gasteiger partial charge in [0.25, 0.3) is 0 Å². The molecule has 2 nitrogen and oxygen atoms in total. The number of aromatic nitrogens is 1. The summed E-state index contributed by atoms with van der Waals surface area (Å²) >= 11 is 5.02. The Balaban J connectivity index is 2.42. The van der Waals surface area contributed by atoms with Gasteiger partial charge in [-0.3, -0.25) is 0 Å². The average Bonchev–Trinajstić information content (AvgIpc) is 2.83. The standard InChI is InChI=1S/C12H12BrFN2S/c1-2-15-11(12-16-5-6-17-12)9-7-8(14)3-4-10(9)13/h3-7,11,15H,2H2,1H3. The first-order valence-corrected chi connectivity index (χ1v) is 6.97. The summed E-state index contributed by atoms with van der Waals surface area (Å²) in [6.45, 7) is 2.82. The lowest BCUT2D eigenvalue weighted by molar-refractivity contribution is 0.599. The predicted octanol–water partition coefficient (Wildman–Crippen LogP) is 3.74. The molecule has 90 valence electrons. The zero-order valence-electron chi connectivity index (χ0n) is 9.28. The van der Waals surface area contributed by atoms with Crippen LogP contribution in [0.1, 0.15) is 23.5 Å². The smallest absolute Gasteiger partial charge is 0.123 e. The van der Waals surface area contributed by atoms with Gasteiger partial charge in [0, 0.05) is 16.0 Å². The number of hydrogen-bond donors (Lipinski definition) is 1. The van der Waals surface area contributed by atoms with E-state index in [1.807, 2.05) is 12.3 Å². The maximum atomic E-state index is 13.3. The summed E-state index contributed by atoms with van der Waals surface area (Å²) in [5, 5.41) is 6.19. The van der Waals surface area contributed by atoms with Gasteiger partial charge in [0.15, 0.2) is 0 Å². The number of hydrogen-bond acceptors (Lipinski definition) is 3. The van der Waals surface area contributed by atoms with Gasteiger partial charge < -0.3 is 5.32 Å². The first kappa shape index (κ1) is 12.7. The summed E-state index contributed by atoms with van der Waals surface area (Å²) in [6.07, 6.45) is 1.76. The van der Waals surface area contributed by atoms with Gasteiger partial charge in [0.05, 0.1) is 6.04 Å². The van der Waals surface area contributed by atoms with E-state index < -0.39 is 0 Å². The van der Waals surface area contributed by atoms with Crippen molar-refractivity contribution in [3.8, 4) is 0 Å². The summed E-state index contributed by atoms with van der Waals surface area (Å²) in [4.78, 5) is 4.30. The number of benzene rings is 1. The molecule has 17 heavy (non-hydrogen) atoms. The third-order valence-electron chi connectivity index (χ3n) is 2.38. The minimum absolute atomic E-state index is 0.0647. The lowest BCUT2D eigenvalue weighted by Crippen LogP contribution is -2.22. The van der Waals surface area contributed by atoms with E-state index in [-0.39, 0.29) is 11.9 Å². The average molecular weight is 315 g/mol. The Morgan fingerprint density at radius 1 is 1.53 bits per heavy atom. The molecule has 1 N–H and O–H groups in total. The van der Waals surface area contributed by atoms with E-state index in [0.29, 0.717) is 0 Å². The molecule has 0 fully saturated rings. The monoisotopic (exact) mass is 314 g/mol. The highest BCUT2D eigenvalue weighted by molar-refractivity contribution is 9.10. The first-order valence-electron chi connectivity index (χ1n) is 5.30. The summed E-state index contributed by atoms with van der Waals surface area (Å²) in [6, 6.07) is 4.64. The quantitative estimate of drug-likeness (QED) is 0.929. The Labute approximate surface area is 112 Å². The molecule has 0 aliphatic rings. The molecule has 0 spiro atoms. The van der Waals surface area contributed by atoms with Gasteiger partial charge in [-0.25, -0.2) is 9.37 Å². The van der Waals surface area contributed by atoms with Crippen LogP contribution in [0, 0.1) is 5.82 Å². The van der Waals surface area contributed by atoms with Crippen LogP contribution < -0.4 is 5.32 Å². The zero-order valence-corrected chi connectivity index (χ0v) is 11.7. The number of halogens is 2. The molecule has 2 rings (SSSR count). The zero-order chi connectivity index (χ0) is 12.3. The van der Waals surface area contributed by atoms with Crippen molar-refractivity contribution in [1.29, 1.82) is 0 Å². The Morgan fingerprint density at radius 3 is 3.00 bits per heavy atom. The van der Waals surface area contributed by atoms with E-state index in [1.54, 1.807) is 29.7 Å². The molecule has 1 unspecified atom stereocenters. The van der Waals surface area contributed by atoms with Crippen molar-refractivity contribution in [3.63, 3.8) is 0 Å². The van der Waals surface area contributed by atoms with Crippen LogP contribution in [0.15, 0.2) is 34.2 Å². The molecular formula is C12H12BrFN2S. The largest absolute Gasteiger partial charge is 0.305 e. The van der Waals surface area contributed by atoms with Gasteiger partial charge in [-0.1, -0.05) is 22.9 Å². The third-order valence-corrected chi connectivity index (χ3v) is 3.94. The minimum atomic E-state index is -0.234. The molecular weight excluding hydrogens is 303 g/mol. The Hall–Kier alpha value is -0.780. The molecule has 0 amide bonds. The molecule has 0 saturated carbocycles. The highest BCUT2D eigenvalue weighted by Crippen LogP contribution is 2.30. The van der Waals surface area contributed by atoms with Gasteiger partial charge in [0.1, 0.15) is 10.8 Å². The van der Waals surface area contributed by atoms with E-state index in [2.05, 4.69) is 26.2 Å². The first-order chi connectivity index (χ1) is 8.22. The van der Waals surface area contributed by atoms with Crippen molar-refractivity contribution < 1.29 is 4.39 Å². The fourth-order valence-electron chi connectivity index (χ4n) is 1.65. The molecule has 0 bridgehead atoms. The molecule has 0 aliphatic carbocycles. The van der Waals surface area contributed by atoms with Crippen LogP contribution in [0.5, 0.6) is 0 Å². The number of rotatable bonds is 4. The van der Waals surface area contributed by atoms with Crippen molar-refractivity contribution in [2.24, 2.45) is 0 Å². The van der Waals surface area contributed by atoms with Crippen LogP contribution in [-0.2, 0) is 0 Å². The predicted molar refractivity (Wildman–Crippen MR) is 71.7 cm³/mol. The minimum Gasteiger partial charge on any atom is -0.305 e. The van der Waals surface area contributed by atoms with Gasteiger partial charge in [-0.2, -0.15) is 0 Å². The van der Waals surface area contributed by atoms with Crippen LogP contribution in [0.2, 0.25) is 0 Å². The highest BCUT2D eigenvalue weighted by atomic mass is 79.9. The lowest BCUT2D eigenvalue weighted by atomic mass is 10.1. The summed E-state index contributed by atoms with van der Waals surface area (Å²) < 4.78 is 14.2. The fourth-order valence-corrected chi connectivity index (χ4v) is 2.85. The lowest BCUT2D eigenvalue weighted by Gasteiger charge is -2.17. The number of nitrogens with zero attached hydrogens (tertiary/aromatic N) is 1. The van der Waals surface area contributed by atoms with Crippen LogP contribution in [0.3, 0.4) is 0 Å². The van der Waals surface area contributed by atoms with E-state index in [0.717, 1.165) is 21.6 Å². The number of thiazole rings is 1. The molecule has 0 aliphatic heterocycles. The molecule has 0 radical (unpaired) electrons.